The SMILES string of the molecule is COc1cc(C(=O)N2CC3CCC2[C@@H]3N)cc2nc(-c3cc4ccccc4n3CC3CC3)n(Cc3cnn(-c4cc(Cl)ccn4)c3)c12. The highest BCUT2D eigenvalue weighted by atomic mass is 35.5. The van der Waals surface area contributed by atoms with E-state index in [0.717, 1.165) is 42.0 Å². The summed E-state index contributed by atoms with van der Waals surface area (Å²) in [4.78, 5) is 25.6. The molecule has 0 spiro atoms. The number of hydrogen-bond donors (Lipinski definition) is 1. The Balaban J connectivity index is 1.20. The third-order valence-electron chi connectivity index (χ3n) is 10.3. The number of halogens is 1. The number of benzene rings is 2. The predicted octanol–water partition coefficient (Wildman–Crippen LogP) is 5.92. The normalized spacial score (nSPS) is 20.6. The maximum Gasteiger partial charge on any atom is 0.254 e. The van der Waals surface area contributed by atoms with Crippen molar-refractivity contribution >= 4 is 39.4 Å². The van der Waals surface area contributed by atoms with Crippen LogP contribution in [0.15, 0.2) is 73.2 Å². The van der Waals surface area contributed by atoms with E-state index in [0.29, 0.717) is 52.6 Å². The van der Waals surface area contributed by atoms with Gasteiger partial charge in [-0.3, -0.25) is 4.79 Å². The molecule has 11 heteroatoms. The highest BCUT2D eigenvalue weighted by Gasteiger charge is 2.47. The van der Waals surface area contributed by atoms with Crippen LogP contribution in [-0.2, 0) is 13.1 Å². The van der Waals surface area contributed by atoms with Crippen LogP contribution in [0.5, 0.6) is 5.75 Å². The number of likely N-dealkylation sites (tertiary alicyclic amines) is 1. The summed E-state index contributed by atoms with van der Waals surface area (Å²) in [6.45, 7) is 2.12. The summed E-state index contributed by atoms with van der Waals surface area (Å²) in [5.74, 6) is 3.08. The van der Waals surface area contributed by atoms with Gasteiger partial charge in [0.25, 0.3) is 5.91 Å². The van der Waals surface area contributed by atoms with Gasteiger partial charge in [0.1, 0.15) is 11.3 Å². The molecule has 238 valence electrons. The van der Waals surface area contributed by atoms with Gasteiger partial charge in [0.05, 0.1) is 31.1 Å². The number of carbonyl (C=O) groups excluding carboxylic acids is 1. The van der Waals surface area contributed by atoms with Gasteiger partial charge < -0.3 is 24.5 Å². The fraction of sp³-hybridized carbons (Fsp3) is 0.333. The molecular weight excluding hydrogens is 612 g/mol. The van der Waals surface area contributed by atoms with Crippen LogP contribution in [0.2, 0.25) is 5.02 Å². The number of nitrogens with two attached hydrogens (primary N) is 1. The van der Waals surface area contributed by atoms with Gasteiger partial charge >= 0.3 is 0 Å². The van der Waals surface area contributed by atoms with Crippen LogP contribution in [0, 0.1) is 11.8 Å². The van der Waals surface area contributed by atoms with Gasteiger partial charge in [-0.1, -0.05) is 29.8 Å². The predicted molar refractivity (Wildman–Crippen MR) is 181 cm³/mol. The van der Waals surface area contributed by atoms with Crippen LogP contribution in [0.1, 0.15) is 41.6 Å². The van der Waals surface area contributed by atoms with Crippen molar-refractivity contribution in [2.24, 2.45) is 17.6 Å². The number of hydrogen-bond acceptors (Lipinski definition) is 6. The molecule has 2 saturated carbocycles. The topological polar surface area (TPSA) is 109 Å². The van der Waals surface area contributed by atoms with Crippen molar-refractivity contribution in [3.8, 4) is 23.1 Å². The summed E-state index contributed by atoms with van der Waals surface area (Å²) in [5, 5.41) is 6.37. The molecule has 47 heavy (non-hydrogen) atoms. The number of fused-ring (bicyclic) bond motifs is 4. The Morgan fingerprint density at radius 1 is 1.06 bits per heavy atom. The maximum absolute atomic E-state index is 14.0. The van der Waals surface area contributed by atoms with Crippen LogP contribution in [-0.4, -0.2) is 65.4 Å². The first-order valence-electron chi connectivity index (χ1n) is 16.3. The van der Waals surface area contributed by atoms with Gasteiger partial charge in [0, 0.05) is 70.7 Å². The zero-order chi connectivity index (χ0) is 31.8. The van der Waals surface area contributed by atoms with Crippen LogP contribution in [0.4, 0.5) is 0 Å². The molecule has 5 heterocycles. The Bertz CT molecular complexity index is 2180. The van der Waals surface area contributed by atoms with Crippen LogP contribution in [0.25, 0.3) is 39.3 Å². The van der Waals surface area contributed by atoms with E-state index in [1.807, 2.05) is 29.4 Å². The molecule has 3 fully saturated rings. The van der Waals surface area contributed by atoms with Crippen LogP contribution >= 0.6 is 11.6 Å². The van der Waals surface area contributed by atoms with Crippen molar-refractivity contribution in [1.82, 2.24) is 33.8 Å². The molecule has 2 unspecified atom stereocenters. The highest BCUT2D eigenvalue weighted by molar-refractivity contribution is 6.30. The molecule has 1 amide bonds. The molecule has 0 radical (unpaired) electrons. The van der Waals surface area contributed by atoms with Gasteiger partial charge in [-0.05, 0) is 67.9 Å². The van der Waals surface area contributed by atoms with Crippen LogP contribution < -0.4 is 10.5 Å². The number of ether oxygens (including phenoxy) is 1. The van der Waals surface area contributed by atoms with Gasteiger partial charge in [0.2, 0.25) is 0 Å². The minimum atomic E-state index is -0.0119. The number of methoxy groups -OCH3 is 1. The van der Waals surface area contributed by atoms with E-state index in [1.165, 1.54) is 23.7 Å². The van der Waals surface area contributed by atoms with E-state index in [4.69, 9.17) is 27.1 Å². The molecule has 2 aliphatic carbocycles. The van der Waals surface area contributed by atoms with Gasteiger partial charge in [-0.25, -0.2) is 14.6 Å². The molecule has 3 atom stereocenters. The molecule has 9 rings (SSSR count). The smallest absolute Gasteiger partial charge is 0.254 e. The van der Waals surface area contributed by atoms with E-state index in [9.17, 15) is 4.79 Å². The summed E-state index contributed by atoms with van der Waals surface area (Å²) < 4.78 is 12.4. The highest BCUT2D eigenvalue weighted by Crippen LogP contribution is 2.41. The van der Waals surface area contributed by atoms with Crippen molar-refractivity contribution in [2.75, 3.05) is 13.7 Å². The monoisotopic (exact) mass is 646 g/mol. The van der Waals surface area contributed by atoms with E-state index >= 15 is 0 Å². The average Bonchev–Trinajstić information content (AvgIpc) is 3.39. The minimum absolute atomic E-state index is 0.0119. The van der Waals surface area contributed by atoms with Gasteiger partial charge in [-0.15, -0.1) is 0 Å². The largest absolute Gasteiger partial charge is 0.494 e. The van der Waals surface area contributed by atoms with E-state index in [1.54, 1.807) is 30.1 Å². The van der Waals surface area contributed by atoms with Crippen molar-refractivity contribution in [3.63, 3.8) is 0 Å². The Labute approximate surface area is 276 Å². The van der Waals surface area contributed by atoms with Crippen LogP contribution in [0.3, 0.4) is 0 Å². The van der Waals surface area contributed by atoms with Crippen molar-refractivity contribution in [3.05, 3.63) is 89.3 Å². The van der Waals surface area contributed by atoms with Gasteiger partial charge in [-0.2, -0.15) is 5.10 Å². The quantitative estimate of drug-likeness (QED) is 0.220. The Morgan fingerprint density at radius 2 is 1.94 bits per heavy atom. The lowest BCUT2D eigenvalue weighted by atomic mass is 10.1. The molecule has 6 aromatic rings. The number of piperidine rings is 1. The lowest BCUT2D eigenvalue weighted by molar-refractivity contribution is 0.0700. The lowest BCUT2D eigenvalue weighted by Gasteiger charge is -2.27. The van der Waals surface area contributed by atoms with Crippen molar-refractivity contribution in [2.45, 2.75) is 50.9 Å². The maximum atomic E-state index is 14.0. The Morgan fingerprint density at radius 3 is 2.70 bits per heavy atom. The molecule has 2 bridgehead atoms. The zero-order valence-electron chi connectivity index (χ0n) is 26.1. The van der Waals surface area contributed by atoms with Gasteiger partial charge in [0.15, 0.2) is 11.6 Å². The number of imidazole rings is 1. The molecule has 3 aliphatic rings. The van der Waals surface area contributed by atoms with E-state index in [-0.39, 0.29) is 18.0 Å². The molecule has 10 nitrogen and oxygen atoms in total. The fourth-order valence-corrected chi connectivity index (χ4v) is 7.88. The minimum Gasteiger partial charge on any atom is -0.494 e. The summed E-state index contributed by atoms with van der Waals surface area (Å²) in [6.07, 6.45) is 9.99. The van der Waals surface area contributed by atoms with E-state index < -0.39 is 0 Å². The average molecular weight is 647 g/mol. The number of aromatic nitrogens is 6. The number of pyridine rings is 1. The van der Waals surface area contributed by atoms with Crippen molar-refractivity contribution < 1.29 is 9.53 Å². The van der Waals surface area contributed by atoms with E-state index in [2.05, 4.69) is 49.5 Å². The molecule has 2 N–H and O–H groups in total. The number of para-hydroxylation sites is 1. The summed E-state index contributed by atoms with van der Waals surface area (Å²) in [7, 11) is 1.65. The summed E-state index contributed by atoms with van der Waals surface area (Å²) in [6, 6.07) is 18.2. The zero-order valence-corrected chi connectivity index (χ0v) is 26.8. The molecular formula is C36H35ClN8O2. The second kappa shape index (κ2) is 11.0. The number of amides is 1. The molecule has 4 aromatic heterocycles. The number of nitrogens with zero attached hydrogens (tertiary/aromatic N) is 7. The first-order valence-corrected chi connectivity index (χ1v) is 16.7. The third kappa shape index (κ3) is 4.81. The first kappa shape index (κ1) is 28.5. The second-order valence-electron chi connectivity index (χ2n) is 13.3. The Kier molecular flexibility index (Phi) is 6.65. The number of rotatable bonds is 8. The molecule has 2 aromatic carbocycles. The van der Waals surface area contributed by atoms with Crippen molar-refractivity contribution in [1.29, 1.82) is 0 Å². The Hall–Kier alpha value is -4.67. The molecule has 1 aliphatic heterocycles. The first-order chi connectivity index (χ1) is 22.9. The standard InChI is InChI=1S/C36H35ClN8O2/c1-47-31-14-25(36(46)43-20-24-8-9-29(43)33(24)38)12-27-34(31)44(18-22-16-40-45(19-22)32-15-26(37)10-11-39-32)35(41-27)30-13-23-4-2-3-5-28(23)42(30)17-21-6-7-21/h2-5,10-16,19,21,24,29,33H,6-9,17-18,20,38H2,1H3/t24?,29?,33-/m1/s1. The third-order valence-corrected chi connectivity index (χ3v) is 10.5. The molecule has 1 saturated heterocycles. The summed E-state index contributed by atoms with van der Waals surface area (Å²) >= 11 is 6.25. The fourth-order valence-electron chi connectivity index (χ4n) is 7.73. The second-order valence-corrected chi connectivity index (χ2v) is 13.7. The number of carbonyl (C=O) groups is 1. The lowest BCUT2D eigenvalue weighted by Crippen LogP contribution is -2.41. The summed E-state index contributed by atoms with van der Waals surface area (Å²) in [5.41, 5.74) is 11.8.